The molecule has 0 aliphatic carbocycles. The summed E-state index contributed by atoms with van der Waals surface area (Å²) in [5, 5.41) is 4.77. The molecule has 0 unspecified atom stereocenters. The van der Waals surface area contributed by atoms with E-state index in [1.165, 1.54) is 0 Å². The molecule has 194 valence electrons. The molecule has 0 fully saturated rings. The summed E-state index contributed by atoms with van der Waals surface area (Å²) in [6.45, 7) is 3.81. The zero-order valence-corrected chi connectivity index (χ0v) is 21.9. The maximum absolute atomic E-state index is 13.7. The summed E-state index contributed by atoms with van der Waals surface area (Å²) < 4.78 is 1.94. The lowest BCUT2D eigenvalue weighted by Crippen LogP contribution is -2.16. The third kappa shape index (κ3) is 6.14. The Labute approximate surface area is 222 Å². The maximum atomic E-state index is 13.7. The highest BCUT2D eigenvalue weighted by atomic mass is 16.7. The number of carbonyl (C=O) groups excluding carboxylic acids is 3. The highest BCUT2D eigenvalue weighted by Crippen LogP contribution is 2.27. The van der Waals surface area contributed by atoms with Gasteiger partial charge in [0, 0.05) is 40.4 Å². The summed E-state index contributed by atoms with van der Waals surface area (Å²) in [5.41, 5.74) is 3.64. The highest BCUT2D eigenvalue weighted by Gasteiger charge is 2.21. The van der Waals surface area contributed by atoms with Gasteiger partial charge in [-0.3, -0.25) is 9.59 Å². The summed E-state index contributed by atoms with van der Waals surface area (Å²) in [4.78, 5) is 43.3. The fourth-order valence-corrected chi connectivity index (χ4v) is 4.35. The number of Topliss-reactive ketones (excluding diaryl/α,β-unsaturated/α-hetero) is 1. The van der Waals surface area contributed by atoms with Crippen molar-refractivity contribution < 1.29 is 19.2 Å². The van der Waals surface area contributed by atoms with Gasteiger partial charge in [0.2, 0.25) is 5.78 Å². The molecule has 4 rings (SSSR count). The third-order valence-electron chi connectivity index (χ3n) is 6.48. The van der Waals surface area contributed by atoms with Crippen LogP contribution in [0.3, 0.4) is 0 Å². The van der Waals surface area contributed by atoms with Crippen molar-refractivity contribution in [3.05, 3.63) is 102 Å². The van der Waals surface area contributed by atoms with Crippen molar-refractivity contribution in [2.45, 2.75) is 52.4 Å². The van der Waals surface area contributed by atoms with Gasteiger partial charge in [-0.15, -0.1) is 0 Å². The van der Waals surface area contributed by atoms with Crippen molar-refractivity contribution in [1.82, 2.24) is 4.57 Å². The zero-order valence-electron chi connectivity index (χ0n) is 21.9. The van der Waals surface area contributed by atoms with Crippen LogP contribution in [0.15, 0.2) is 90.2 Å². The van der Waals surface area contributed by atoms with Crippen molar-refractivity contribution in [3.63, 3.8) is 0 Å². The molecular formula is C32H32N2O4. The van der Waals surface area contributed by atoms with E-state index < -0.39 is 5.97 Å². The van der Waals surface area contributed by atoms with Crippen LogP contribution >= 0.6 is 0 Å². The van der Waals surface area contributed by atoms with Crippen molar-refractivity contribution in [2.75, 3.05) is 0 Å². The Morgan fingerprint density at radius 2 is 1.47 bits per heavy atom. The van der Waals surface area contributed by atoms with E-state index in [0.29, 0.717) is 23.1 Å². The number of aromatic nitrogens is 1. The molecule has 38 heavy (non-hydrogen) atoms. The molecule has 0 atom stereocenters. The topological polar surface area (TPSA) is 77.7 Å². The molecule has 0 aliphatic heterocycles. The predicted molar refractivity (Wildman–Crippen MR) is 150 cm³/mol. The van der Waals surface area contributed by atoms with Crippen molar-refractivity contribution in [1.29, 1.82) is 0 Å². The zero-order chi connectivity index (χ0) is 26.9. The predicted octanol–water partition coefficient (Wildman–Crippen LogP) is 7.32. The normalized spacial score (nSPS) is 11.5. The number of hydrogen-bond acceptors (Lipinski definition) is 5. The van der Waals surface area contributed by atoms with Gasteiger partial charge in [0.05, 0.1) is 5.52 Å². The average molecular weight is 509 g/mol. The van der Waals surface area contributed by atoms with E-state index in [2.05, 4.69) is 12.1 Å². The summed E-state index contributed by atoms with van der Waals surface area (Å²) in [7, 11) is 0. The quantitative estimate of drug-likeness (QED) is 0.0660. The maximum Gasteiger partial charge on any atom is 0.334 e. The Bertz CT molecular complexity index is 1450. The monoisotopic (exact) mass is 508 g/mol. The van der Waals surface area contributed by atoms with E-state index in [9.17, 15) is 14.4 Å². The Kier molecular flexibility index (Phi) is 8.98. The van der Waals surface area contributed by atoms with Crippen LogP contribution in [0.4, 0.5) is 0 Å². The first-order valence-electron chi connectivity index (χ1n) is 13.1. The molecule has 0 spiro atoms. The summed E-state index contributed by atoms with van der Waals surface area (Å²) in [6.07, 6.45) is 6.32. The Balaban J connectivity index is 1.67. The molecule has 0 saturated carbocycles. The van der Waals surface area contributed by atoms with Gasteiger partial charge in [0.15, 0.2) is 5.78 Å². The van der Waals surface area contributed by atoms with Crippen molar-refractivity contribution in [3.8, 4) is 5.69 Å². The fourth-order valence-electron chi connectivity index (χ4n) is 4.35. The third-order valence-corrected chi connectivity index (χ3v) is 6.48. The van der Waals surface area contributed by atoms with E-state index in [1.807, 2.05) is 59.2 Å². The fraction of sp³-hybridized carbons (Fsp3) is 0.250. The van der Waals surface area contributed by atoms with E-state index in [1.54, 1.807) is 37.4 Å². The molecule has 1 heterocycles. The van der Waals surface area contributed by atoms with Gasteiger partial charge in [-0.2, -0.15) is 0 Å². The number of carbonyl (C=O) groups is 3. The molecule has 0 bridgehead atoms. The van der Waals surface area contributed by atoms with Crippen LogP contribution in [0.25, 0.3) is 16.6 Å². The summed E-state index contributed by atoms with van der Waals surface area (Å²) >= 11 is 0. The van der Waals surface area contributed by atoms with Crippen LogP contribution in [0.5, 0.6) is 0 Å². The van der Waals surface area contributed by atoms with Gasteiger partial charge >= 0.3 is 5.97 Å². The van der Waals surface area contributed by atoms with Gasteiger partial charge in [0.25, 0.3) is 0 Å². The Hall–Kier alpha value is -4.32. The molecule has 6 nitrogen and oxygen atoms in total. The molecule has 0 N–H and O–H groups in total. The number of para-hydroxylation sites is 1. The lowest BCUT2D eigenvalue weighted by molar-refractivity contribution is -0.143. The van der Waals surface area contributed by atoms with Crippen LogP contribution in [0.1, 0.15) is 78.7 Å². The minimum absolute atomic E-state index is 0.0454. The largest absolute Gasteiger partial charge is 0.334 e. The molecule has 0 saturated heterocycles. The first-order valence-corrected chi connectivity index (χ1v) is 13.1. The number of fused-ring (bicyclic) bond motifs is 1. The molecule has 0 aliphatic rings. The Morgan fingerprint density at radius 1 is 0.789 bits per heavy atom. The van der Waals surface area contributed by atoms with Gasteiger partial charge in [-0.05, 0) is 43.2 Å². The first-order chi connectivity index (χ1) is 18.5. The van der Waals surface area contributed by atoms with E-state index >= 15 is 0 Å². The second-order valence-corrected chi connectivity index (χ2v) is 9.17. The number of oxime groups is 1. The SMILES string of the molecule is CCCCCC/C(=N\OC(=O)CC)C(=O)c1cn(-c2ccc(C(=O)c3ccccc3)cc2)c2ccccc12. The molecule has 1 aromatic heterocycles. The number of hydrogen-bond donors (Lipinski definition) is 0. The van der Waals surface area contributed by atoms with E-state index in [-0.39, 0.29) is 23.7 Å². The van der Waals surface area contributed by atoms with Crippen LogP contribution < -0.4 is 0 Å². The molecule has 0 amide bonds. The minimum Gasteiger partial charge on any atom is -0.318 e. The molecule has 6 heteroatoms. The van der Waals surface area contributed by atoms with Crippen LogP contribution in [0, 0.1) is 0 Å². The lowest BCUT2D eigenvalue weighted by Gasteiger charge is -2.07. The number of unbranched alkanes of at least 4 members (excludes halogenated alkanes) is 3. The van der Waals surface area contributed by atoms with Crippen LogP contribution in [0.2, 0.25) is 0 Å². The summed E-state index contributed by atoms with van der Waals surface area (Å²) in [5.74, 6) is -0.774. The van der Waals surface area contributed by atoms with Gasteiger partial charge in [0.1, 0.15) is 5.71 Å². The number of nitrogens with zero attached hydrogens (tertiary/aromatic N) is 2. The summed E-state index contributed by atoms with van der Waals surface area (Å²) in [6, 6.07) is 24.2. The molecular weight excluding hydrogens is 476 g/mol. The molecule has 4 aromatic rings. The standard InChI is InChI=1S/C32H32N2O4/c1-3-5-6-10-16-28(33-38-30(35)4-2)32(37)27-22-34(29-17-12-11-15-26(27)29)25-20-18-24(19-21-25)31(36)23-13-8-7-9-14-23/h7-9,11-15,17-22H,3-6,10,16H2,1-2H3/b33-28+. The lowest BCUT2D eigenvalue weighted by atomic mass is 10.0. The van der Waals surface area contributed by atoms with Gasteiger partial charge < -0.3 is 9.40 Å². The van der Waals surface area contributed by atoms with Crippen LogP contribution in [-0.4, -0.2) is 27.8 Å². The van der Waals surface area contributed by atoms with Crippen LogP contribution in [-0.2, 0) is 9.63 Å². The van der Waals surface area contributed by atoms with E-state index in [4.69, 9.17) is 4.84 Å². The van der Waals surface area contributed by atoms with Gasteiger partial charge in [-0.1, -0.05) is 86.8 Å². The second-order valence-electron chi connectivity index (χ2n) is 9.17. The first kappa shape index (κ1) is 26.7. The minimum atomic E-state index is -0.476. The van der Waals surface area contributed by atoms with Crippen molar-refractivity contribution in [2.24, 2.45) is 5.16 Å². The number of benzene rings is 3. The number of ketones is 2. The second kappa shape index (κ2) is 12.8. The smallest absolute Gasteiger partial charge is 0.318 e. The number of rotatable bonds is 12. The van der Waals surface area contributed by atoms with Crippen molar-refractivity contribution >= 4 is 34.2 Å². The highest BCUT2D eigenvalue weighted by molar-refractivity contribution is 6.47. The molecule has 3 aromatic carbocycles. The average Bonchev–Trinajstić information content (AvgIpc) is 3.36. The van der Waals surface area contributed by atoms with Gasteiger partial charge in [-0.25, -0.2) is 4.79 Å². The molecule has 0 radical (unpaired) electrons. The van der Waals surface area contributed by atoms with E-state index in [0.717, 1.165) is 42.3 Å². The Morgan fingerprint density at radius 3 is 2.18 bits per heavy atom.